The highest BCUT2D eigenvalue weighted by Crippen LogP contribution is 2.36. The van der Waals surface area contributed by atoms with Crippen LogP contribution in [0.2, 0.25) is 0 Å². The Labute approximate surface area is 379 Å². The van der Waals surface area contributed by atoms with Crippen molar-refractivity contribution in [1.82, 2.24) is 0 Å². The maximum Gasteiger partial charge on any atom is 0.305 e. The molecule has 0 bridgehead atoms. The number of unbranched alkanes of at least 4 members (excludes halogenated alkanes) is 5. The Morgan fingerprint density at radius 2 is 1.17 bits per heavy atom. The number of ether oxygens (including phenoxy) is 10. The summed E-state index contributed by atoms with van der Waals surface area (Å²) in [6, 6.07) is 28.5. The fourth-order valence-corrected chi connectivity index (χ4v) is 7.49. The molecule has 0 unspecified atom stereocenters. The molecule has 2 aliphatic rings. The molecule has 65 heavy (non-hydrogen) atoms. The number of methoxy groups -OCH3 is 1. The average molecular weight is 908 g/mol. The van der Waals surface area contributed by atoms with Gasteiger partial charge in [0.15, 0.2) is 24.8 Å². The van der Waals surface area contributed by atoms with Crippen LogP contribution < -0.4 is 0 Å². The van der Waals surface area contributed by atoms with Gasteiger partial charge in [-0.05, 0) is 35.1 Å². The molecule has 0 saturated carbocycles. The molecular formula is C47H61N3O15. The number of azide groups is 1. The number of hydrogen-bond acceptors (Lipinski definition) is 16. The Hall–Kier alpha value is -5.14. The van der Waals surface area contributed by atoms with Crippen LogP contribution in [0.15, 0.2) is 96.3 Å². The molecule has 354 valence electrons. The van der Waals surface area contributed by atoms with Crippen molar-refractivity contribution >= 4 is 17.9 Å². The lowest BCUT2D eigenvalue weighted by Crippen LogP contribution is -2.66. The smallest absolute Gasteiger partial charge is 0.305 e. The van der Waals surface area contributed by atoms with E-state index in [-0.39, 0.29) is 39.0 Å². The number of carbonyl (C=O) groups excluding carboxylic acids is 3. The average Bonchev–Trinajstić information content (AvgIpc) is 3.31. The third-order valence-electron chi connectivity index (χ3n) is 10.7. The van der Waals surface area contributed by atoms with Crippen molar-refractivity contribution in [2.45, 2.75) is 140 Å². The molecule has 3 aromatic carbocycles. The van der Waals surface area contributed by atoms with Gasteiger partial charge in [0.1, 0.15) is 55.1 Å². The van der Waals surface area contributed by atoms with Crippen molar-refractivity contribution in [3.8, 4) is 0 Å². The van der Waals surface area contributed by atoms with Crippen molar-refractivity contribution in [1.29, 1.82) is 0 Å². The quantitative estimate of drug-likeness (QED) is 0.0162. The van der Waals surface area contributed by atoms with Gasteiger partial charge in [0, 0.05) is 31.8 Å². The fraction of sp³-hybridized carbons (Fsp3) is 0.553. The van der Waals surface area contributed by atoms with Crippen LogP contribution in [0.5, 0.6) is 0 Å². The molecule has 0 radical (unpaired) electrons. The summed E-state index contributed by atoms with van der Waals surface area (Å²) in [6.45, 7) is 2.32. The predicted octanol–water partition coefficient (Wildman–Crippen LogP) is 6.60. The molecule has 2 aliphatic heterocycles. The summed E-state index contributed by atoms with van der Waals surface area (Å²) in [5.74, 6) is -1.53. The number of hydrogen-bond donors (Lipinski definition) is 1. The Balaban J connectivity index is 1.48. The molecule has 0 spiro atoms. The molecule has 0 amide bonds. The van der Waals surface area contributed by atoms with E-state index >= 15 is 0 Å². The molecule has 1 N–H and O–H groups in total. The fourth-order valence-electron chi connectivity index (χ4n) is 7.49. The molecule has 3 aromatic rings. The Kier molecular flexibility index (Phi) is 21.9. The van der Waals surface area contributed by atoms with E-state index in [0.717, 1.165) is 48.8 Å². The first kappa shape index (κ1) is 50.9. The minimum Gasteiger partial charge on any atom is -0.469 e. The standard InChI is InChI=1S/C47H61N3O15/c1-32(51)57-30-38-41(58-27-34-19-11-8-12-20-34)43(59-28-35-21-13-9-14-22-35)44(60-29-36-23-15-10-16-24-36)47(64-38)65-45-42(62-33(2)52)40(54)37(31-61-50-49-48)63-46(45)56-26-18-7-5-4-6-17-25-39(53)55-3/h8-16,19-24,37-38,40-47,54H,4-7,17-18,25-31H2,1-3H3/t37-,38-,40-,41-,42+,43+,44-,45-,46+,47-/m1/s1. The van der Waals surface area contributed by atoms with Crippen LogP contribution in [0.4, 0.5) is 0 Å². The van der Waals surface area contributed by atoms with Crippen LogP contribution in [0.25, 0.3) is 10.4 Å². The van der Waals surface area contributed by atoms with Gasteiger partial charge in [-0.25, -0.2) is 0 Å². The highest BCUT2D eigenvalue weighted by Gasteiger charge is 2.55. The van der Waals surface area contributed by atoms with E-state index in [1.807, 2.05) is 91.0 Å². The Morgan fingerprint density at radius 3 is 1.72 bits per heavy atom. The zero-order valence-electron chi connectivity index (χ0n) is 37.1. The summed E-state index contributed by atoms with van der Waals surface area (Å²) in [6.07, 6.45) is -6.99. The highest BCUT2D eigenvalue weighted by atomic mass is 16.8. The number of aliphatic hydroxyl groups excluding tert-OH is 1. The largest absolute Gasteiger partial charge is 0.469 e. The van der Waals surface area contributed by atoms with Crippen LogP contribution in [0, 0.1) is 0 Å². The summed E-state index contributed by atoms with van der Waals surface area (Å²) in [7, 11) is 1.37. The summed E-state index contributed by atoms with van der Waals surface area (Å²) < 4.78 is 62.2. The molecule has 0 aromatic heterocycles. The van der Waals surface area contributed by atoms with Crippen LogP contribution in [0.3, 0.4) is 0 Å². The van der Waals surface area contributed by atoms with Gasteiger partial charge in [0.25, 0.3) is 0 Å². The van der Waals surface area contributed by atoms with E-state index in [0.29, 0.717) is 12.8 Å². The molecule has 0 aliphatic carbocycles. The van der Waals surface area contributed by atoms with Gasteiger partial charge in [-0.1, -0.05) is 117 Å². The number of esters is 3. The number of rotatable bonds is 27. The predicted molar refractivity (Wildman–Crippen MR) is 231 cm³/mol. The Morgan fingerprint density at radius 1 is 0.631 bits per heavy atom. The molecular weight excluding hydrogens is 847 g/mol. The molecule has 5 rings (SSSR count). The number of aliphatic hydroxyl groups is 1. The monoisotopic (exact) mass is 907 g/mol. The van der Waals surface area contributed by atoms with Gasteiger partial charge >= 0.3 is 17.9 Å². The van der Waals surface area contributed by atoms with Crippen LogP contribution >= 0.6 is 0 Å². The number of carbonyl (C=O) groups is 3. The van der Waals surface area contributed by atoms with Crippen LogP contribution in [0.1, 0.15) is 75.5 Å². The topological polar surface area (TPSA) is 222 Å². The molecule has 18 heteroatoms. The summed E-state index contributed by atoms with van der Waals surface area (Å²) >= 11 is 0. The van der Waals surface area contributed by atoms with Crippen molar-refractivity contribution in [3.63, 3.8) is 0 Å². The number of benzene rings is 3. The van der Waals surface area contributed by atoms with Crippen LogP contribution in [-0.4, -0.2) is 111 Å². The van der Waals surface area contributed by atoms with Crippen molar-refractivity contribution in [2.24, 2.45) is 5.28 Å². The second-order valence-corrected chi connectivity index (χ2v) is 15.6. The molecule has 18 nitrogen and oxygen atoms in total. The van der Waals surface area contributed by atoms with E-state index in [2.05, 4.69) is 10.2 Å². The minimum absolute atomic E-state index is 0.0819. The summed E-state index contributed by atoms with van der Waals surface area (Å²) in [5, 5.41) is 14.8. The highest BCUT2D eigenvalue weighted by molar-refractivity contribution is 5.69. The number of nitrogens with zero attached hydrogens (tertiary/aromatic N) is 3. The lowest BCUT2D eigenvalue weighted by Gasteiger charge is -2.49. The van der Waals surface area contributed by atoms with Gasteiger partial charge in [0.2, 0.25) is 0 Å². The van der Waals surface area contributed by atoms with Gasteiger partial charge in [-0.15, -0.1) is 0 Å². The van der Waals surface area contributed by atoms with Gasteiger partial charge in [-0.3, -0.25) is 14.4 Å². The minimum atomic E-state index is -1.57. The molecule has 2 fully saturated rings. The Bertz CT molecular complexity index is 1890. The SMILES string of the molecule is COC(=O)CCCCCCCCO[C@H]1O[C@H](CON=[N+]=[N-])[C@@H](O)[C@H](OC(C)=O)[C@H]1O[C@H]1O[C@H](COC(C)=O)[C@@H](OCc2ccccc2)[C@H](OCc2ccccc2)[C@H]1OCc1ccccc1. The molecule has 2 saturated heterocycles. The third kappa shape index (κ3) is 17.0. The van der Waals surface area contributed by atoms with Gasteiger partial charge in [0.05, 0.1) is 26.9 Å². The van der Waals surface area contributed by atoms with Gasteiger partial charge < -0.3 is 57.3 Å². The maximum atomic E-state index is 12.7. The van der Waals surface area contributed by atoms with Gasteiger partial charge in [-0.2, -0.15) is 0 Å². The van der Waals surface area contributed by atoms with Crippen molar-refractivity contribution < 1.29 is 71.7 Å². The third-order valence-corrected chi connectivity index (χ3v) is 10.7. The first-order chi connectivity index (χ1) is 31.7. The van der Waals surface area contributed by atoms with E-state index in [4.69, 9.17) is 57.7 Å². The zero-order valence-corrected chi connectivity index (χ0v) is 37.1. The van der Waals surface area contributed by atoms with Crippen molar-refractivity contribution in [3.05, 3.63) is 118 Å². The van der Waals surface area contributed by atoms with E-state index in [9.17, 15) is 19.5 Å². The zero-order chi connectivity index (χ0) is 46.2. The molecule has 10 atom stereocenters. The maximum absolute atomic E-state index is 12.7. The summed E-state index contributed by atoms with van der Waals surface area (Å²) in [4.78, 5) is 44.2. The lowest BCUT2D eigenvalue weighted by atomic mass is 9.96. The van der Waals surface area contributed by atoms with E-state index in [1.165, 1.54) is 21.0 Å². The van der Waals surface area contributed by atoms with E-state index < -0.39 is 80.0 Å². The normalized spacial score (nSPS) is 25.2. The first-order valence-electron chi connectivity index (χ1n) is 21.9. The van der Waals surface area contributed by atoms with Crippen molar-refractivity contribution in [2.75, 3.05) is 26.9 Å². The second-order valence-electron chi connectivity index (χ2n) is 15.6. The summed E-state index contributed by atoms with van der Waals surface area (Å²) in [5.41, 5.74) is 11.4. The van der Waals surface area contributed by atoms with E-state index in [1.54, 1.807) is 0 Å². The molecule has 2 heterocycles. The first-order valence-corrected chi connectivity index (χ1v) is 21.9. The second kappa shape index (κ2) is 28.0. The van der Waals surface area contributed by atoms with Crippen LogP contribution in [-0.2, 0) is 86.4 Å². The lowest BCUT2D eigenvalue weighted by molar-refractivity contribution is -0.377.